The summed E-state index contributed by atoms with van der Waals surface area (Å²) in [4.78, 5) is 18.7. The Morgan fingerprint density at radius 2 is 1.84 bits per heavy atom. The Labute approximate surface area is 150 Å². The molecule has 1 aliphatic heterocycles. The van der Waals surface area contributed by atoms with Gasteiger partial charge in [-0.1, -0.05) is 59.8 Å². The van der Waals surface area contributed by atoms with Gasteiger partial charge in [-0.15, -0.1) is 0 Å². The number of benzene rings is 2. The maximum atomic E-state index is 12.3. The zero-order valence-electron chi connectivity index (χ0n) is 13.9. The molecular formula is C19H18N4OS. The first-order valence-corrected chi connectivity index (χ1v) is 9.14. The lowest BCUT2D eigenvalue weighted by atomic mass is 10.1. The van der Waals surface area contributed by atoms with Crippen LogP contribution in [0.2, 0.25) is 0 Å². The average molecular weight is 350 g/mol. The molecule has 0 N–H and O–H groups in total. The molecule has 0 spiro atoms. The number of anilines is 1. The van der Waals surface area contributed by atoms with Crippen molar-refractivity contribution in [3.8, 4) is 0 Å². The van der Waals surface area contributed by atoms with Crippen LogP contribution in [-0.2, 0) is 13.1 Å². The Morgan fingerprint density at radius 1 is 1.08 bits per heavy atom. The maximum Gasteiger partial charge on any atom is 0.295 e. The molecule has 1 aromatic heterocycles. The lowest BCUT2D eigenvalue weighted by Crippen LogP contribution is -2.35. The number of aromatic nitrogens is 3. The topological polar surface area (TPSA) is 51.0 Å². The standard InChI is InChI=1S/C19H18N4OS/c1-14-7-9-16(10-8-14)22-12-23-19(25-13-22)20-18(24)17(21-23)11-15-5-3-2-4-6-15/h2-10H,11-13H2,1H3. The van der Waals surface area contributed by atoms with Crippen LogP contribution >= 0.6 is 11.8 Å². The number of hydrogen-bond donors (Lipinski definition) is 0. The van der Waals surface area contributed by atoms with Gasteiger partial charge < -0.3 is 4.90 Å². The molecule has 0 radical (unpaired) electrons. The fourth-order valence-electron chi connectivity index (χ4n) is 2.79. The van der Waals surface area contributed by atoms with Crippen molar-refractivity contribution in [2.45, 2.75) is 25.2 Å². The SMILES string of the molecule is Cc1ccc(N2CSc3nc(=O)c(Cc4ccccc4)nn3C2)cc1. The molecular weight excluding hydrogens is 332 g/mol. The van der Waals surface area contributed by atoms with E-state index in [1.807, 2.05) is 35.0 Å². The van der Waals surface area contributed by atoms with Crippen molar-refractivity contribution in [2.75, 3.05) is 10.8 Å². The van der Waals surface area contributed by atoms with E-state index in [9.17, 15) is 4.79 Å². The smallest absolute Gasteiger partial charge is 0.295 e. The molecule has 0 unspecified atom stereocenters. The van der Waals surface area contributed by atoms with E-state index < -0.39 is 0 Å². The highest BCUT2D eigenvalue weighted by Crippen LogP contribution is 2.26. The zero-order valence-corrected chi connectivity index (χ0v) is 14.7. The lowest BCUT2D eigenvalue weighted by Gasteiger charge is -2.30. The van der Waals surface area contributed by atoms with Gasteiger partial charge in [0, 0.05) is 12.1 Å². The molecule has 0 aliphatic carbocycles. The molecule has 0 bridgehead atoms. The summed E-state index contributed by atoms with van der Waals surface area (Å²) in [6, 6.07) is 18.3. The van der Waals surface area contributed by atoms with Crippen molar-refractivity contribution in [3.63, 3.8) is 0 Å². The van der Waals surface area contributed by atoms with Gasteiger partial charge in [-0.25, -0.2) is 4.68 Å². The predicted molar refractivity (Wildman–Crippen MR) is 99.9 cm³/mol. The Kier molecular flexibility index (Phi) is 4.28. The highest BCUT2D eigenvalue weighted by molar-refractivity contribution is 7.99. The summed E-state index contributed by atoms with van der Waals surface area (Å²) in [5.41, 5.74) is 3.71. The molecule has 126 valence electrons. The molecule has 1 aliphatic rings. The molecule has 3 aromatic rings. The Morgan fingerprint density at radius 3 is 2.60 bits per heavy atom. The number of aryl methyl sites for hydroxylation is 1. The Bertz CT molecular complexity index is 938. The first kappa shape index (κ1) is 15.9. The summed E-state index contributed by atoms with van der Waals surface area (Å²) >= 11 is 1.54. The normalized spacial score (nSPS) is 13.6. The van der Waals surface area contributed by atoms with Gasteiger partial charge >= 0.3 is 0 Å². The third-order valence-electron chi connectivity index (χ3n) is 4.17. The second kappa shape index (κ2) is 6.72. The van der Waals surface area contributed by atoms with Gasteiger partial charge in [0.2, 0.25) is 0 Å². The van der Waals surface area contributed by atoms with Gasteiger partial charge in [0.05, 0.1) is 5.88 Å². The number of nitrogens with zero attached hydrogens (tertiary/aromatic N) is 4. The largest absolute Gasteiger partial charge is 0.342 e. The van der Waals surface area contributed by atoms with Gasteiger partial charge in [-0.05, 0) is 24.6 Å². The maximum absolute atomic E-state index is 12.3. The molecule has 25 heavy (non-hydrogen) atoms. The molecule has 5 nitrogen and oxygen atoms in total. The van der Waals surface area contributed by atoms with Crippen LogP contribution in [0.25, 0.3) is 0 Å². The van der Waals surface area contributed by atoms with E-state index in [-0.39, 0.29) is 5.56 Å². The summed E-state index contributed by atoms with van der Waals surface area (Å²) < 4.78 is 1.83. The fraction of sp³-hybridized carbons (Fsp3) is 0.211. The Balaban J connectivity index is 1.61. The highest BCUT2D eigenvalue weighted by Gasteiger charge is 2.20. The molecule has 0 atom stereocenters. The van der Waals surface area contributed by atoms with Crippen LogP contribution in [0.15, 0.2) is 64.5 Å². The van der Waals surface area contributed by atoms with Crippen LogP contribution in [0.4, 0.5) is 5.69 Å². The third kappa shape index (κ3) is 3.44. The summed E-state index contributed by atoms with van der Waals surface area (Å²) in [6.45, 7) is 2.68. The molecule has 6 heteroatoms. The van der Waals surface area contributed by atoms with Crippen molar-refractivity contribution in [1.29, 1.82) is 0 Å². The summed E-state index contributed by atoms with van der Waals surface area (Å²) in [7, 11) is 0. The van der Waals surface area contributed by atoms with Crippen molar-refractivity contribution >= 4 is 17.4 Å². The van der Waals surface area contributed by atoms with Crippen molar-refractivity contribution in [3.05, 3.63) is 81.8 Å². The van der Waals surface area contributed by atoms with Gasteiger partial charge in [0.1, 0.15) is 12.4 Å². The number of hydrogen-bond acceptors (Lipinski definition) is 5. The van der Waals surface area contributed by atoms with E-state index in [2.05, 4.69) is 46.2 Å². The monoisotopic (exact) mass is 350 g/mol. The minimum absolute atomic E-state index is 0.230. The van der Waals surface area contributed by atoms with Gasteiger partial charge in [-0.2, -0.15) is 10.1 Å². The average Bonchev–Trinajstić information content (AvgIpc) is 2.64. The molecule has 0 amide bonds. The van der Waals surface area contributed by atoms with E-state index in [1.165, 1.54) is 5.56 Å². The Hall–Kier alpha value is -2.60. The minimum atomic E-state index is -0.230. The van der Waals surface area contributed by atoms with Crippen LogP contribution in [0.3, 0.4) is 0 Å². The number of thioether (sulfide) groups is 1. The van der Waals surface area contributed by atoms with Crippen LogP contribution in [0, 0.1) is 6.92 Å². The van der Waals surface area contributed by atoms with Gasteiger partial charge in [0.25, 0.3) is 5.56 Å². The second-order valence-corrected chi connectivity index (χ2v) is 7.01. The van der Waals surface area contributed by atoms with E-state index in [4.69, 9.17) is 0 Å². The van der Waals surface area contributed by atoms with E-state index in [0.717, 1.165) is 17.1 Å². The summed E-state index contributed by atoms with van der Waals surface area (Å²) in [5.74, 6) is 0.759. The first-order valence-electron chi connectivity index (χ1n) is 8.15. The zero-order chi connectivity index (χ0) is 17.2. The molecule has 0 saturated carbocycles. The minimum Gasteiger partial charge on any atom is -0.342 e. The first-order chi connectivity index (χ1) is 12.2. The quantitative estimate of drug-likeness (QED) is 0.727. The van der Waals surface area contributed by atoms with E-state index in [1.54, 1.807) is 11.8 Å². The van der Waals surface area contributed by atoms with Crippen LogP contribution in [0.1, 0.15) is 16.8 Å². The molecule has 2 aromatic carbocycles. The number of fused-ring (bicyclic) bond motifs is 1. The highest BCUT2D eigenvalue weighted by atomic mass is 32.2. The van der Waals surface area contributed by atoms with Crippen molar-refractivity contribution in [2.24, 2.45) is 0 Å². The van der Waals surface area contributed by atoms with E-state index >= 15 is 0 Å². The van der Waals surface area contributed by atoms with Crippen LogP contribution in [-0.4, -0.2) is 20.6 Å². The summed E-state index contributed by atoms with van der Waals surface area (Å²) in [5, 5.41) is 5.27. The molecule has 0 fully saturated rings. The predicted octanol–water partition coefficient (Wildman–Crippen LogP) is 3.06. The third-order valence-corrected chi connectivity index (χ3v) is 5.17. The van der Waals surface area contributed by atoms with Crippen molar-refractivity contribution in [1.82, 2.24) is 14.8 Å². The van der Waals surface area contributed by atoms with E-state index in [0.29, 0.717) is 23.9 Å². The van der Waals surface area contributed by atoms with Crippen LogP contribution < -0.4 is 10.5 Å². The molecule has 0 saturated heterocycles. The molecule has 2 heterocycles. The van der Waals surface area contributed by atoms with Crippen LogP contribution in [0.5, 0.6) is 0 Å². The van der Waals surface area contributed by atoms with Crippen molar-refractivity contribution < 1.29 is 0 Å². The second-order valence-electron chi connectivity index (χ2n) is 6.10. The molecule has 4 rings (SSSR count). The van der Waals surface area contributed by atoms with Gasteiger partial charge in [0.15, 0.2) is 5.16 Å². The summed E-state index contributed by atoms with van der Waals surface area (Å²) in [6.07, 6.45) is 0.502. The fourth-order valence-corrected chi connectivity index (χ4v) is 3.69. The lowest BCUT2D eigenvalue weighted by molar-refractivity contribution is 0.486. The van der Waals surface area contributed by atoms with Gasteiger partial charge in [-0.3, -0.25) is 4.79 Å². The number of rotatable bonds is 3.